The van der Waals surface area contributed by atoms with E-state index >= 15 is 0 Å². The van der Waals surface area contributed by atoms with Gasteiger partial charge in [-0.1, -0.05) is 32.3 Å². The Morgan fingerprint density at radius 2 is 2.13 bits per heavy atom. The van der Waals surface area contributed by atoms with E-state index in [1.807, 2.05) is 19.1 Å². The van der Waals surface area contributed by atoms with Crippen molar-refractivity contribution in [2.45, 2.75) is 52.4 Å². The van der Waals surface area contributed by atoms with E-state index in [2.05, 4.69) is 22.9 Å². The van der Waals surface area contributed by atoms with Crippen molar-refractivity contribution in [1.82, 2.24) is 9.88 Å². The lowest BCUT2D eigenvalue weighted by molar-refractivity contribution is -0.131. The number of aryl methyl sites for hydroxylation is 1. The van der Waals surface area contributed by atoms with Crippen LogP contribution in [-0.2, 0) is 11.2 Å². The van der Waals surface area contributed by atoms with E-state index in [0.29, 0.717) is 6.42 Å². The number of likely N-dealkylation sites (tertiary alicyclic amines) is 1. The number of rotatable bonds is 5. The van der Waals surface area contributed by atoms with Gasteiger partial charge in [0, 0.05) is 13.1 Å². The van der Waals surface area contributed by atoms with Gasteiger partial charge in [0.15, 0.2) is 0 Å². The first-order chi connectivity index (χ1) is 11.2. The summed E-state index contributed by atoms with van der Waals surface area (Å²) in [5.41, 5.74) is 2.15. The third-order valence-electron chi connectivity index (χ3n) is 4.85. The highest BCUT2D eigenvalue weighted by atomic mass is 32.1. The van der Waals surface area contributed by atoms with Crippen LogP contribution in [0.25, 0.3) is 10.2 Å². The summed E-state index contributed by atoms with van der Waals surface area (Å²) in [7, 11) is 0. The van der Waals surface area contributed by atoms with Crippen molar-refractivity contribution in [3.8, 4) is 0 Å². The first-order valence-corrected chi connectivity index (χ1v) is 9.61. The van der Waals surface area contributed by atoms with Crippen LogP contribution in [0, 0.1) is 12.8 Å². The molecule has 1 fully saturated rings. The predicted molar refractivity (Wildman–Crippen MR) is 96.9 cm³/mol. The lowest BCUT2D eigenvalue weighted by atomic mass is 9.91. The number of nitrogens with zero attached hydrogens (tertiary/aromatic N) is 2. The van der Waals surface area contributed by atoms with Gasteiger partial charge in [-0.3, -0.25) is 4.79 Å². The highest BCUT2D eigenvalue weighted by molar-refractivity contribution is 7.18. The van der Waals surface area contributed by atoms with Crippen molar-refractivity contribution in [2.24, 2.45) is 5.92 Å². The number of fused-ring (bicyclic) bond motifs is 1. The van der Waals surface area contributed by atoms with Crippen molar-refractivity contribution >= 4 is 27.5 Å². The third kappa shape index (κ3) is 4.11. The molecule has 1 aliphatic heterocycles. The van der Waals surface area contributed by atoms with Crippen LogP contribution in [0.5, 0.6) is 0 Å². The van der Waals surface area contributed by atoms with E-state index in [1.165, 1.54) is 36.8 Å². The molecule has 1 saturated heterocycles. The molecule has 1 aromatic carbocycles. The van der Waals surface area contributed by atoms with Crippen molar-refractivity contribution in [2.75, 3.05) is 13.1 Å². The molecule has 1 aliphatic rings. The Labute approximate surface area is 142 Å². The SMILES string of the molecule is CCCCC1CCN(C(=O)Cc2ccc3nc(C)sc3c2)CC1. The minimum atomic E-state index is 0.277. The number of unbranched alkanes of at least 4 members (excludes halogenated alkanes) is 1. The highest BCUT2D eigenvalue weighted by Gasteiger charge is 2.22. The fourth-order valence-corrected chi connectivity index (χ4v) is 4.34. The average Bonchev–Trinajstić information content (AvgIpc) is 2.92. The van der Waals surface area contributed by atoms with Crippen LogP contribution in [0.1, 0.15) is 49.6 Å². The predicted octanol–water partition coefficient (Wildman–Crippen LogP) is 4.58. The summed E-state index contributed by atoms with van der Waals surface area (Å²) in [5.74, 6) is 1.11. The van der Waals surface area contributed by atoms with Crippen LogP contribution in [0.2, 0.25) is 0 Å². The summed E-state index contributed by atoms with van der Waals surface area (Å²) in [6.07, 6.45) is 6.82. The zero-order chi connectivity index (χ0) is 16.2. The lowest BCUT2D eigenvalue weighted by Crippen LogP contribution is -2.39. The minimum Gasteiger partial charge on any atom is -0.342 e. The van der Waals surface area contributed by atoms with Crippen LogP contribution in [0.15, 0.2) is 18.2 Å². The molecule has 0 N–H and O–H groups in total. The second kappa shape index (κ2) is 7.43. The maximum absolute atomic E-state index is 12.5. The Morgan fingerprint density at radius 1 is 1.35 bits per heavy atom. The number of benzene rings is 1. The molecular formula is C19H26N2OS. The van der Waals surface area contributed by atoms with Crippen LogP contribution < -0.4 is 0 Å². The maximum atomic E-state index is 12.5. The van der Waals surface area contributed by atoms with Crippen LogP contribution in [0.4, 0.5) is 0 Å². The highest BCUT2D eigenvalue weighted by Crippen LogP contribution is 2.25. The van der Waals surface area contributed by atoms with Gasteiger partial charge in [-0.05, 0) is 43.4 Å². The third-order valence-corrected chi connectivity index (χ3v) is 5.78. The van der Waals surface area contributed by atoms with E-state index < -0.39 is 0 Å². The molecule has 0 spiro atoms. The standard InChI is InChI=1S/C19H26N2OS/c1-3-4-5-15-8-10-21(11-9-15)19(22)13-16-6-7-17-18(12-16)23-14(2)20-17/h6-7,12,15H,3-5,8-11,13H2,1-2H3. The van der Waals surface area contributed by atoms with Crippen molar-refractivity contribution in [3.05, 3.63) is 28.8 Å². The summed E-state index contributed by atoms with van der Waals surface area (Å²) in [6, 6.07) is 6.22. The van der Waals surface area contributed by atoms with Gasteiger partial charge in [0.1, 0.15) is 0 Å². The molecule has 0 radical (unpaired) electrons. The summed E-state index contributed by atoms with van der Waals surface area (Å²) >= 11 is 1.70. The average molecular weight is 330 g/mol. The molecule has 3 nitrogen and oxygen atoms in total. The fraction of sp³-hybridized carbons (Fsp3) is 0.579. The number of carbonyl (C=O) groups excluding carboxylic acids is 1. The molecule has 0 unspecified atom stereocenters. The molecule has 1 amide bonds. The summed E-state index contributed by atoms with van der Waals surface area (Å²) in [5, 5.41) is 1.08. The van der Waals surface area contributed by atoms with Crippen molar-refractivity contribution in [1.29, 1.82) is 0 Å². The molecule has 1 aromatic heterocycles. The molecule has 2 aromatic rings. The second-order valence-corrected chi connectivity index (χ2v) is 7.91. The van der Waals surface area contributed by atoms with E-state index in [0.717, 1.165) is 35.1 Å². The second-order valence-electron chi connectivity index (χ2n) is 6.68. The molecule has 0 bridgehead atoms. The largest absolute Gasteiger partial charge is 0.342 e. The Morgan fingerprint density at radius 3 is 2.87 bits per heavy atom. The molecule has 23 heavy (non-hydrogen) atoms. The monoisotopic (exact) mass is 330 g/mol. The quantitative estimate of drug-likeness (QED) is 0.804. The number of amides is 1. The van der Waals surface area contributed by atoms with Gasteiger partial charge < -0.3 is 4.90 Å². The van der Waals surface area contributed by atoms with Crippen LogP contribution >= 0.6 is 11.3 Å². The molecule has 4 heteroatoms. The Bertz CT molecular complexity index is 671. The maximum Gasteiger partial charge on any atom is 0.226 e. The zero-order valence-electron chi connectivity index (χ0n) is 14.2. The van der Waals surface area contributed by atoms with Gasteiger partial charge in [-0.2, -0.15) is 0 Å². The van der Waals surface area contributed by atoms with Gasteiger partial charge in [-0.25, -0.2) is 4.98 Å². The first-order valence-electron chi connectivity index (χ1n) is 8.79. The summed E-state index contributed by atoms with van der Waals surface area (Å²) in [6.45, 7) is 6.16. The van der Waals surface area contributed by atoms with Crippen molar-refractivity contribution < 1.29 is 4.79 Å². The fourth-order valence-electron chi connectivity index (χ4n) is 3.44. The Hall–Kier alpha value is -1.42. The topological polar surface area (TPSA) is 33.2 Å². The van der Waals surface area contributed by atoms with Gasteiger partial charge >= 0.3 is 0 Å². The molecule has 0 saturated carbocycles. The van der Waals surface area contributed by atoms with Crippen LogP contribution in [0.3, 0.4) is 0 Å². The Balaban J connectivity index is 1.56. The summed E-state index contributed by atoms with van der Waals surface area (Å²) < 4.78 is 1.19. The van der Waals surface area contributed by atoms with Gasteiger partial charge in [-0.15, -0.1) is 11.3 Å². The van der Waals surface area contributed by atoms with Crippen molar-refractivity contribution in [3.63, 3.8) is 0 Å². The number of hydrogen-bond donors (Lipinski definition) is 0. The number of hydrogen-bond acceptors (Lipinski definition) is 3. The number of aromatic nitrogens is 1. The van der Waals surface area contributed by atoms with Gasteiger partial charge in [0.2, 0.25) is 5.91 Å². The van der Waals surface area contributed by atoms with E-state index in [-0.39, 0.29) is 5.91 Å². The molecule has 3 rings (SSSR count). The van der Waals surface area contributed by atoms with Gasteiger partial charge in [0.05, 0.1) is 21.6 Å². The van der Waals surface area contributed by atoms with E-state index in [1.54, 1.807) is 11.3 Å². The first kappa shape index (κ1) is 16.4. The number of piperidine rings is 1. The van der Waals surface area contributed by atoms with Crippen LogP contribution in [-0.4, -0.2) is 28.9 Å². The normalized spacial score (nSPS) is 16.2. The minimum absolute atomic E-state index is 0.277. The summed E-state index contributed by atoms with van der Waals surface area (Å²) in [4.78, 5) is 19.1. The number of carbonyl (C=O) groups is 1. The molecule has 0 atom stereocenters. The van der Waals surface area contributed by atoms with E-state index in [4.69, 9.17) is 0 Å². The smallest absolute Gasteiger partial charge is 0.226 e. The number of thiazole rings is 1. The van der Waals surface area contributed by atoms with E-state index in [9.17, 15) is 4.79 Å². The lowest BCUT2D eigenvalue weighted by Gasteiger charge is -2.32. The molecule has 2 heterocycles. The molecule has 124 valence electrons. The Kier molecular flexibility index (Phi) is 5.31. The van der Waals surface area contributed by atoms with Gasteiger partial charge in [0.25, 0.3) is 0 Å². The molecule has 0 aliphatic carbocycles. The zero-order valence-corrected chi connectivity index (χ0v) is 15.0. The molecular weight excluding hydrogens is 304 g/mol.